The molecule has 0 atom stereocenters. The van der Waals surface area contributed by atoms with E-state index in [0.717, 1.165) is 5.75 Å². The number of rotatable bonds is 0. The van der Waals surface area contributed by atoms with E-state index in [1.807, 2.05) is 30.3 Å². The topological polar surface area (TPSA) is 52.3 Å². The van der Waals surface area contributed by atoms with Gasteiger partial charge in [0.15, 0.2) is 0 Å². The minimum atomic E-state index is -0.333. The highest BCUT2D eigenvalue weighted by Crippen LogP contribution is 2.21. The van der Waals surface area contributed by atoms with Crippen molar-refractivity contribution in [3.05, 3.63) is 35.9 Å². The number of para-hydroxylation sites is 1. The average Bonchev–Trinajstić information content (AvgIpc) is 2.17. The SMILES string of the molecule is C1=Cc2ccccc2OC1.CC(N)=O. The number of primary amides is 1. The van der Waals surface area contributed by atoms with Crippen molar-refractivity contribution >= 4 is 12.0 Å². The number of benzene rings is 1. The normalized spacial score (nSPS) is 11.8. The van der Waals surface area contributed by atoms with Crippen molar-refractivity contribution in [3.8, 4) is 5.75 Å². The van der Waals surface area contributed by atoms with Gasteiger partial charge in [-0.3, -0.25) is 4.79 Å². The van der Waals surface area contributed by atoms with E-state index < -0.39 is 0 Å². The fourth-order valence-corrected chi connectivity index (χ4v) is 1.06. The molecule has 3 nitrogen and oxygen atoms in total. The molecule has 0 saturated carbocycles. The first-order valence-electron chi connectivity index (χ1n) is 4.34. The second-order valence-electron chi connectivity index (χ2n) is 2.86. The minimum absolute atomic E-state index is 0.333. The van der Waals surface area contributed by atoms with E-state index >= 15 is 0 Å². The Morgan fingerprint density at radius 2 is 2.07 bits per heavy atom. The van der Waals surface area contributed by atoms with Crippen LogP contribution in [0, 0.1) is 0 Å². The van der Waals surface area contributed by atoms with Crippen LogP contribution in [0.5, 0.6) is 5.75 Å². The van der Waals surface area contributed by atoms with Crippen molar-refractivity contribution in [1.82, 2.24) is 0 Å². The number of ether oxygens (including phenoxy) is 1. The molecule has 0 radical (unpaired) electrons. The minimum Gasteiger partial charge on any atom is -0.489 e. The van der Waals surface area contributed by atoms with Crippen LogP contribution in [0.4, 0.5) is 0 Å². The van der Waals surface area contributed by atoms with Crippen LogP contribution in [-0.2, 0) is 4.79 Å². The van der Waals surface area contributed by atoms with Crippen molar-refractivity contribution in [2.45, 2.75) is 6.92 Å². The van der Waals surface area contributed by atoms with Crippen LogP contribution in [0.3, 0.4) is 0 Å². The third kappa shape index (κ3) is 3.31. The smallest absolute Gasteiger partial charge is 0.214 e. The molecule has 0 saturated heterocycles. The summed E-state index contributed by atoms with van der Waals surface area (Å²) in [6, 6.07) is 8.03. The lowest BCUT2D eigenvalue weighted by Gasteiger charge is -2.10. The molecule has 14 heavy (non-hydrogen) atoms. The standard InChI is InChI=1S/C9H8O.C2H5NO/c1-2-6-9-8(4-1)5-3-7-10-9;1-2(3)4/h1-6H,7H2;1H3,(H2,3,4). The molecule has 3 heteroatoms. The monoisotopic (exact) mass is 191 g/mol. The summed E-state index contributed by atoms with van der Waals surface area (Å²) in [7, 11) is 0. The summed E-state index contributed by atoms with van der Waals surface area (Å²) in [6.07, 6.45) is 4.10. The largest absolute Gasteiger partial charge is 0.489 e. The molecule has 74 valence electrons. The van der Waals surface area contributed by atoms with E-state index in [9.17, 15) is 4.79 Å². The summed E-state index contributed by atoms with van der Waals surface area (Å²) in [6.45, 7) is 2.01. The third-order valence-electron chi connectivity index (χ3n) is 1.55. The maximum Gasteiger partial charge on any atom is 0.214 e. The number of amides is 1. The van der Waals surface area contributed by atoms with Crippen molar-refractivity contribution in [1.29, 1.82) is 0 Å². The molecule has 0 unspecified atom stereocenters. The molecule has 1 aliphatic heterocycles. The summed E-state index contributed by atoms with van der Waals surface area (Å²) in [5.74, 6) is 0.657. The molecular formula is C11H13NO2. The Morgan fingerprint density at radius 1 is 1.43 bits per heavy atom. The quantitative estimate of drug-likeness (QED) is 0.677. The molecule has 2 N–H and O–H groups in total. The predicted molar refractivity (Wildman–Crippen MR) is 55.8 cm³/mol. The molecule has 2 rings (SSSR count). The first kappa shape index (κ1) is 10.3. The van der Waals surface area contributed by atoms with Crippen LogP contribution in [0.2, 0.25) is 0 Å². The van der Waals surface area contributed by atoms with Crippen LogP contribution in [-0.4, -0.2) is 12.5 Å². The molecule has 1 heterocycles. The molecule has 1 aromatic carbocycles. The number of nitrogens with two attached hydrogens (primary N) is 1. The van der Waals surface area contributed by atoms with Gasteiger partial charge in [0.25, 0.3) is 0 Å². The van der Waals surface area contributed by atoms with Gasteiger partial charge in [-0.2, -0.15) is 0 Å². The van der Waals surface area contributed by atoms with Crippen molar-refractivity contribution in [3.63, 3.8) is 0 Å². The van der Waals surface area contributed by atoms with Gasteiger partial charge in [-0.25, -0.2) is 0 Å². The van der Waals surface area contributed by atoms with Crippen LogP contribution < -0.4 is 10.5 Å². The maximum atomic E-state index is 9.22. The van der Waals surface area contributed by atoms with E-state index in [0.29, 0.717) is 6.61 Å². The molecule has 0 aliphatic carbocycles. The van der Waals surface area contributed by atoms with E-state index in [2.05, 4.69) is 11.8 Å². The van der Waals surface area contributed by atoms with E-state index in [-0.39, 0.29) is 5.91 Å². The van der Waals surface area contributed by atoms with Crippen molar-refractivity contribution in [2.24, 2.45) is 5.73 Å². The van der Waals surface area contributed by atoms with Gasteiger partial charge in [-0.05, 0) is 12.1 Å². The van der Waals surface area contributed by atoms with E-state index in [1.165, 1.54) is 12.5 Å². The van der Waals surface area contributed by atoms with Gasteiger partial charge in [0.05, 0.1) is 0 Å². The van der Waals surface area contributed by atoms with Gasteiger partial charge in [0.1, 0.15) is 12.4 Å². The van der Waals surface area contributed by atoms with E-state index in [4.69, 9.17) is 4.74 Å². The summed E-state index contributed by atoms with van der Waals surface area (Å²) < 4.78 is 5.34. The molecule has 1 amide bonds. The van der Waals surface area contributed by atoms with Gasteiger partial charge in [-0.1, -0.05) is 24.3 Å². The Hall–Kier alpha value is -1.77. The van der Waals surface area contributed by atoms with E-state index in [1.54, 1.807) is 0 Å². The van der Waals surface area contributed by atoms with Crippen molar-refractivity contribution in [2.75, 3.05) is 6.61 Å². The summed E-state index contributed by atoms with van der Waals surface area (Å²) in [5, 5.41) is 0. The number of fused-ring (bicyclic) bond motifs is 1. The number of hydrogen-bond donors (Lipinski definition) is 1. The maximum absolute atomic E-state index is 9.22. The Bertz CT molecular complexity index is 341. The summed E-state index contributed by atoms with van der Waals surface area (Å²) in [4.78, 5) is 9.22. The lowest BCUT2D eigenvalue weighted by molar-refractivity contribution is -0.115. The molecule has 0 fully saturated rings. The lowest BCUT2D eigenvalue weighted by atomic mass is 10.1. The van der Waals surface area contributed by atoms with Gasteiger partial charge in [-0.15, -0.1) is 0 Å². The zero-order chi connectivity index (χ0) is 10.4. The first-order valence-corrected chi connectivity index (χ1v) is 4.34. The number of hydrogen-bond acceptors (Lipinski definition) is 2. The molecule has 0 bridgehead atoms. The van der Waals surface area contributed by atoms with Crippen LogP contribution in [0.1, 0.15) is 12.5 Å². The Balaban J connectivity index is 0.000000213. The molecule has 0 aromatic heterocycles. The Kier molecular flexibility index (Phi) is 3.73. The van der Waals surface area contributed by atoms with Crippen LogP contribution in [0.25, 0.3) is 6.08 Å². The Labute approximate surface area is 83.2 Å². The predicted octanol–water partition coefficient (Wildman–Crippen LogP) is 1.58. The highest BCUT2D eigenvalue weighted by Gasteiger charge is 2.01. The fourth-order valence-electron chi connectivity index (χ4n) is 1.06. The molecule has 1 aliphatic rings. The first-order chi connectivity index (χ1) is 6.70. The highest BCUT2D eigenvalue weighted by atomic mass is 16.5. The van der Waals surface area contributed by atoms with Crippen LogP contribution in [0.15, 0.2) is 30.3 Å². The molecule has 0 spiro atoms. The van der Waals surface area contributed by atoms with Gasteiger partial charge < -0.3 is 10.5 Å². The van der Waals surface area contributed by atoms with Gasteiger partial charge in [0.2, 0.25) is 5.91 Å². The molecule has 1 aromatic rings. The second-order valence-corrected chi connectivity index (χ2v) is 2.86. The molecular weight excluding hydrogens is 178 g/mol. The fraction of sp³-hybridized carbons (Fsp3) is 0.182. The van der Waals surface area contributed by atoms with Crippen LogP contribution >= 0.6 is 0 Å². The summed E-state index contributed by atoms with van der Waals surface area (Å²) in [5.41, 5.74) is 5.65. The highest BCUT2D eigenvalue weighted by molar-refractivity contribution is 5.70. The third-order valence-corrected chi connectivity index (χ3v) is 1.55. The number of carbonyl (C=O) groups is 1. The zero-order valence-corrected chi connectivity index (χ0v) is 8.07. The second kappa shape index (κ2) is 5.07. The van der Waals surface area contributed by atoms with Crippen molar-refractivity contribution < 1.29 is 9.53 Å². The summed E-state index contributed by atoms with van der Waals surface area (Å²) >= 11 is 0. The van der Waals surface area contributed by atoms with Gasteiger partial charge in [0, 0.05) is 12.5 Å². The zero-order valence-electron chi connectivity index (χ0n) is 8.07. The van der Waals surface area contributed by atoms with Gasteiger partial charge >= 0.3 is 0 Å². The number of carbonyl (C=O) groups excluding carboxylic acids is 1. The lowest BCUT2D eigenvalue weighted by Crippen LogP contribution is -2.01. The Morgan fingerprint density at radius 3 is 2.71 bits per heavy atom. The average molecular weight is 191 g/mol.